The smallest absolute Gasteiger partial charge is 0.220 e. The van der Waals surface area contributed by atoms with Crippen molar-refractivity contribution in [3.63, 3.8) is 0 Å². The fourth-order valence-electron chi connectivity index (χ4n) is 1.59. The van der Waals surface area contributed by atoms with E-state index in [9.17, 15) is 4.79 Å². The molecule has 1 fully saturated rings. The van der Waals surface area contributed by atoms with Crippen LogP contribution in [0.4, 0.5) is 0 Å². The summed E-state index contributed by atoms with van der Waals surface area (Å²) >= 11 is 0. The molecule has 82 valence electrons. The van der Waals surface area contributed by atoms with Gasteiger partial charge in [0, 0.05) is 25.6 Å². The van der Waals surface area contributed by atoms with Crippen LogP contribution in [-0.4, -0.2) is 25.0 Å². The molecule has 3 heteroatoms. The van der Waals surface area contributed by atoms with Crippen LogP contribution >= 0.6 is 0 Å². The van der Waals surface area contributed by atoms with Gasteiger partial charge in [-0.25, -0.2) is 0 Å². The molecule has 0 aromatic rings. The average molecular weight is 198 g/mol. The lowest BCUT2D eigenvalue weighted by Gasteiger charge is -2.24. The molecule has 0 bridgehead atoms. The Kier molecular flexibility index (Phi) is 4.94. The molecule has 0 radical (unpaired) electrons. The van der Waals surface area contributed by atoms with Crippen molar-refractivity contribution in [1.29, 1.82) is 0 Å². The highest BCUT2D eigenvalue weighted by Gasteiger charge is 2.20. The Morgan fingerprint density at radius 1 is 1.36 bits per heavy atom. The van der Waals surface area contributed by atoms with Gasteiger partial charge in [0.25, 0.3) is 0 Å². The molecule has 0 spiro atoms. The van der Waals surface area contributed by atoms with Gasteiger partial charge in [0.1, 0.15) is 0 Å². The fourth-order valence-corrected chi connectivity index (χ4v) is 1.59. The van der Waals surface area contributed by atoms with Crippen LogP contribution in [0.5, 0.6) is 0 Å². The van der Waals surface area contributed by atoms with E-state index in [1.807, 2.05) is 0 Å². The summed E-state index contributed by atoms with van der Waals surface area (Å²) in [7, 11) is 0. The van der Waals surface area contributed by atoms with E-state index in [-0.39, 0.29) is 5.91 Å². The normalized spacial score (nSPS) is 16.8. The minimum Gasteiger partial charge on any atom is -0.355 e. The van der Waals surface area contributed by atoms with Crippen LogP contribution in [0.25, 0.3) is 0 Å². The molecule has 1 aliphatic carbocycles. The number of hydrogen-bond acceptors (Lipinski definition) is 2. The van der Waals surface area contributed by atoms with Crippen molar-refractivity contribution in [2.45, 2.75) is 45.6 Å². The Labute approximate surface area is 86.6 Å². The summed E-state index contributed by atoms with van der Waals surface area (Å²) in [6.07, 6.45) is 4.55. The maximum atomic E-state index is 11.4. The Hall–Kier alpha value is -0.570. The van der Waals surface area contributed by atoms with Crippen LogP contribution in [0.15, 0.2) is 0 Å². The second kappa shape index (κ2) is 6.02. The predicted octanol–water partition coefficient (Wildman–Crippen LogP) is 1.29. The SMILES string of the molecule is CC(C)NCCNC(=O)CC1CCC1. The van der Waals surface area contributed by atoms with Gasteiger partial charge in [-0.1, -0.05) is 20.3 Å². The highest BCUT2D eigenvalue weighted by molar-refractivity contribution is 5.76. The standard InChI is InChI=1S/C11H22N2O/c1-9(2)12-6-7-13-11(14)8-10-4-3-5-10/h9-10,12H,3-8H2,1-2H3,(H,13,14). The van der Waals surface area contributed by atoms with Crippen LogP contribution in [0, 0.1) is 5.92 Å². The molecular weight excluding hydrogens is 176 g/mol. The van der Waals surface area contributed by atoms with E-state index >= 15 is 0 Å². The third kappa shape index (κ3) is 4.61. The van der Waals surface area contributed by atoms with Gasteiger partial charge in [0.15, 0.2) is 0 Å². The molecule has 1 saturated carbocycles. The summed E-state index contributed by atoms with van der Waals surface area (Å²) in [6, 6.07) is 0.499. The largest absolute Gasteiger partial charge is 0.355 e. The van der Waals surface area contributed by atoms with E-state index < -0.39 is 0 Å². The van der Waals surface area contributed by atoms with Crippen molar-refractivity contribution in [3.8, 4) is 0 Å². The third-order valence-electron chi connectivity index (χ3n) is 2.70. The second-order valence-corrected chi connectivity index (χ2v) is 4.46. The molecular formula is C11H22N2O. The average Bonchev–Trinajstić information content (AvgIpc) is 2.05. The third-order valence-corrected chi connectivity index (χ3v) is 2.70. The van der Waals surface area contributed by atoms with Crippen LogP contribution in [0.3, 0.4) is 0 Å². The number of carbonyl (C=O) groups is 1. The van der Waals surface area contributed by atoms with Crippen molar-refractivity contribution < 1.29 is 4.79 Å². The first kappa shape index (κ1) is 11.5. The van der Waals surface area contributed by atoms with Crippen molar-refractivity contribution in [1.82, 2.24) is 10.6 Å². The monoisotopic (exact) mass is 198 g/mol. The summed E-state index contributed by atoms with van der Waals surface area (Å²) in [4.78, 5) is 11.4. The molecule has 1 rings (SSSR count). The molecule has 3 nitrogen and oxygen atoms in total. The van der Waals surface area contributed by atoms with Crippen LogP contribution in [0.1, 0.15) is 39.5 Å². The van der Waals surface area contributed by atoms with E-state index in [1.165, 1.54) is 19.3 Å². The summed E-state index contributed by atoms with van der Waals surface area (Å²) in [5, 5.41) is 6.20. The predicted molar refractivity (Wildman–Crippen MR) is 58.1 cm³/mol. The molecule has 2 N–H and O–H groups in total. The zero-order valence-corrected chi connectivity index (χ0v) is 9.31. The Morgan fingerprint density at radius 2 is 2.07 bits per heavy atom. The van der Waals surface area contributed by atoms with Crippen LogP contribution in [0.2, 0.25) is 0 Å². The zero-order valence-electron chi connectivity index (χ0n) is 9.31. The fraction of sp³-hybridized carbons (Fsp3) is 0.909. The highest BCUT2D eigenvalue weighted by atomic mass is 16.1. The van der Waals surface area contributed by atoms with Gasteiger partial charge in [0.2, 0.25) is 5.91 Å². The van der Waals surface area contributed by atoms with Crippen LogP contribution in [-0.2, 0) is 4.79 Å². The lowest BCUT2D eigenvalue weighted by atomic mass is 9.83. The summed E-state index contributed by atoms with van der Waals surface area (Å²) in [6.45, 7) is 5.84. The Balaban J connectivity index is 1.92. The first-order valence-corrected chi connectivity index (χ1v) is 5.68. The highest BCUT2D eigenvalue weighted by Crippen LogP contribution is 2.28. The van der Waals surface area contributed by atoms with Crippen molar-refractivity contribution in [2.24, 2.45) is 5.92 Å². The van der Waals surface area contributed by atoms with E-state index in [1.54, 1.807) is 0 Å². The first-order chi connectivity index (χ1) is 6.68. The van der Waals surface area contributed by atoms with Gasteiger partial charge in [-0.15, -0.1) is 0 Å². The molecule has 0 unspecified atom stereocenters. The summed E-state index contributed by atoms with van der Waals surface area (Å²) < 4.78 is 0. The van der Waals surface area contributed by atoms with Gasteiger partial charge in [-0.05, 0) is 18.8 Å². The van der Waals surface area contributed by atoms with Gasteiger partial charge in [0.05, 0.1) is 0 Å². The first-order valence-electron chi connectivity index (χ1n) is 5.68. The minimum absolute atomic E-state index is 0.222. The lowest BCUT2D eigenvalue weighted by Crippen LogP contribution is -2.35. The minimum atomic E-state index is 0.222. The van der Waals surface area contributed by atoms with Gasteiger partial charge < -0.3 is 10.6 Å². The topological polar surface area (TPSA) is 41.1 Å². The van der Waals surface area contributed by atoms with E-state index in [0.29, 0.717) is 12.0 Å². The number of nitrogens with one attached hydrogen (secondary N) is 2. The number of hydrogen-bond donors (Lipinski definition) is 2. The Morgan fingerprint density at radius 3 is 2.57 bits per heavy atom. The quantitative estimate of drug-likeness (QED) is 0.631. The molecule has 0 saturated heterocycles. The molecule has 14 heavy (non-hydrogen) atoms. The Bertz CT molecular complexity index is 176. The summed E-state index contributed by atoms with van der Waals surface area (Å²) in [5.74, 6) is 0.897. The van der Waals surface area contributed by atoms with Gasteiger partial charge >= 0.3 is 0 Å². The molecule has 0 heterocycles. The van der Waals surface area contributed by atoms with Crippen molar-refractivity contribution >= 4 is 5.91 Å². The van der Waals surface area contributed by atoms with E-state index in [2.05, 4.69) is 24.5 Å². The van der Waals surface area contributed by atoms with E-state index in [0.717, 1.165) is 19.5 Å². The number of amides is 1. The summed E-state index contributed by atoms with van der Waals surface area (Å²) in [5.41, 5.74) is 0. The number of carbonyl (C=O) groups excluding carboxylic acids is 1. The zero-order chi connectivity index (χ0) is 10.4. The van der Waals surface area contributed by atoms with Gasteiger partial charge in [-0.2, -0.15) is 0 Å². The molecule has 0 aromatic carbocycles. The maximum Gasteiger partial charge on any atom is 0.220 e. The molecule has 0 atom stereocenters. The molecule has 0 aliphatic heterocycles. The molecule has 1 aliphatic rings. The van der Waals surface area contributed by atoms with Crippen molar-refractivity contribution in [3.05, 3.63) is 0 Å². The number of rotatable bonds is 6. The molecule has 1 amide bonds. The molecule has 0 aromatic heterocycles. The van der Waals surface area contributed by atoms with Gasteiger partial charge in [-0.3, -0.25) is 4.79 Å². The second-order valence-electron chi connectivity index (χ2n) is 4.46. The lowest BCUT2D eigenvalue weighted by molar-refractivity contribution is -0.122. The maximum absolute atomic E-state index is 11.4. The van der Waals surface area contributed by atoms with Crippen LogP contribution < -0.4 is 10.6 Å². The van der Waals surface area contributed by atoms with Crippen molar-refractivity contribution in [2.75, 3.05) is 13.1 Å². The van der Waals surface area contributed by atoms with E-state index in [4.69, 9.17) is 0 Å².